The van der Waals surface area contributed by atoms with E-state index in [1.54, 1.807) is 23.0 Å². The van der Waals surface area contributed by atoms with Crippen LogP contribution in [0, 0.1) is 5.82 Å². The van der Waals surface area contributed by atoms with Gasteiger partial charge in [-0.3, -0.25) is 4.79 Å². The highest BCUT2D eigenvalue weighted by atomic mass is 19.1. The van der Waals surface area contributed by atoms with Crippen molar-refractivity contribution in [3.05, 3.63) is 72.2 Å². The van der Waals surface area contributed by atoms with E-state index in [4.69, 9.17) is 0 Å². The van der Waals surface area contributed by atoms with Gasteiger partial charge in [-0.25, -0.2) is 9.07 Å². The number of nitrogens with zero attached hydrogens (tertiary/aromatic N) is 2. The van der Waals surface area contributed by atoms with Gasteiger partial charge in [-0.1, -0.05) is 30.3 Å². The quantitative estimate of drug-likeness (QED) is 0.682. The van der Waals surface area contributed by atoms with E-state index in [0.29, 0.717) is 16.9 Å². The van der Waals surface area contributed by atoms with Crippen LogP contribution < -0.4 is 0 Å². The van der Waals surface area contributed by atoms with Crippen LogP contribution in [0.2, 0.25) is 0 Å². The molecule has 3 nitrogen and oxygen atoms in total. The van der Waals surface area contributed by atoms with Crippen molar-refractivity contribution < 1.29 is 9.18 Å². The highest BCUT2D eigenvalue weighted by molar-refractivity contribution is 5.99. The fourth-order valence-electron chi connectivity index (χ4n) is 2.17. The highest BCUT2D eigenvalue weighted by Crippen LogP contribution is 2.24. The number of carbonyl (C=O) groups excluding carboxylic acids is 1. The lowest BCUT2D eigenvalue weighted by Gasteiger charge is -2.00. The molecular formula is C17H13FN2O. The molecule has 0 aliphatic rings. The van der Waals surface area contributed by atoms with E-state index in [1.165, 1.54) is 19.1 Å². The zero-order valence-electron chi connectivity index (χ0n) is 11.5. The van der Waals surface area contributed by atoms with Gasteiger partial charge in [-0.15, -0.1) is 0 Å². The van der Waals surface area contributed by atoms with Crippen LogP contribution in [-0.4, -0.2) is 15.6 Å². The molecule has 0 radical (unpaired) electrons. The second-order valence-corrected chi connectivity index (χ2v) is 4.73. The summed E-state index contributed by atoms with van der Waals surface area (Å²) >= 11 is 0. The molecule has 0 amide bonds. The maximum Gasteiger partial charge on any atom is 0.163 e. The molecular weight excluding hydrogens is 267 g/mol. The van der Waals surface area contributed by atoms with Crippen molar-refractivity contribution in [2.45, 2.75) is 6.92 Å². The largest absolute Gasteiger partial charge is 0.294 e. The topological polar surface area (TPSA) is 34.9 Å². The molecule has 3 aromatic rings. The van der Waals surface area contributed by atoms with Crippen LogP contribution >= 0.6 is 0 Å². The lowest BCUT2D eigenvalue weighted by Crippen LogP contribution is -1.94. The molecule has 0 saturated carbocycles. The van der Waals surface area contributed by atoms with Gasteiger partial charge >= 0.3 is 0 Å². The van der Waals surface area contributed by atoms with Crippen LogP contribution in [0.4, 0.5) is 4.39 Å². The molecule has 0 atom stereocenters. The van der Waals surface area contributed by atoms with Gasteiger partial charge in [0.05, 0.1) is 11.3 Å². The van der Waals surface area contributed by atoms with E-state index < -0.39 is 0 Å². The minimum atomic E-state index is -0.305. The molecule has 3 rings (SSSR count). The summed E-state index contributed by atoms with van der Waals surface area (Å²) in [5, 5.41) is 4.47. The molecule has 2 aromatic carbocycles. The van der Waals surface area contributed by atoms with Crippen molar-refractivity contribution >= 4 is 5.78 Å². The number of carbonyl (C=O) groups is 1. The molecule has 0 spiro atoms. The van der Waals surface area contributed by atoms with Crippen LogP contribution in [0.5, 0.6) is 0 Å². The number of hydrogen-bond donors (Lipinski definition) is 0. The summed E-state index contributed by atoms with van der Waals surface area (Å²) in [6.45, 7) is 1.51. The Balaban J connectivity index is 2.13. The summed E-state index contributed by atoms with van der Waals surface area (Å²) in [5.74, 6) is -0.358. The smallest absolute Gasteiger partial charge is 0.163 e. The van der Waals surface area contributed by atoms with E-state index in [-0.39, 0.29) is 11.6 Å². The van der Waals surface area contributed by atoms with Crippen molar-refractivity contribution in [1.29, 1.82) is 0 Å². The van der Waals surface area contributed by atoms with Crippen LogP contribution in [-0.2, 0) is 0 Å². The van der Waals surface area contributed by atoms with E-state index in [0.717, 1.165) is 5.56 Å². The van der Waals surface area contributed by atoms with Crippen molar-refractivity contribution in [1.82, 2.24) is 9.78 Å². The molecule has 104 valence electrons. The molecule has 1 aromatic heterocycles. The predicted molar refractivity (Wildman–Crippen MR) is 79.0 cm³/mol. The fourth-order valence-corrected chi connectivity index (χ4v) is 2.17. The Morgan fingerprint density at radius 3 is 2.33 bits per heavy atom. The van der Waals surface area contributed by atoms with Crippen LogP contribution in [0.1, 0.15) is 17.3 Å². The maximum absolute atomic E-state index is 13.0. The van der Waals surface area contributed by atoms with Gasteiger partial charge in [0, 0.05) is 11.8 Å². The number of rotatable bonds is 3. The van der Waals surface area contributed by atoms with Gasteiger partial charge in [-0.2, -0.15) is 5.10 Å². The Labute approximate surface area is 121 Å². The van der Waals surface area contributed by atoms with Gasteiger partial charge in [0.1, 0.15) is 11.5 Å². The summed E-state index contributed by atoms with van der Waals surface area (Å²) in [6.07, 6.45) is 1.68. The summed E-state index contributed by atoms with van der Waals surface area (Å²) in [7, 11) is 0. The number of Topliss-reactive ketones (excluding diaryl/α,β-unsaturated/α-hetero) is 1. The molecule has 21 heavy (non-hydrogen) atoms. The second-order valence-electron chi connectivity index (χ2n) is 4.73. The summed E-state index contributed by atoms with van der Waals surface area (Å²) in [6, 6.07) is 15.5. The fraction of sp³-hybridized carbons (Fsp3) is 0.0588. The molecule has 1 heterocycles. The predicted octanol–water partition coefficient (Wildman–Crippen LogP) is 3.88. The molecule has 0 N–H and O–H groups in total. The molecule has 0 saturated heterocycles. The molecule has 0 unspecified atom stereocenters. The van der Waals surface area contributed by atoms with E-state index in [1.807, 2.05) is 30.3 Å². The average Bonchev–Trinajstić information content (AvgIpc) is 2.94. The van der Waals surface area contributed by atoms with Gasteiger partial charge in [-0.05, 0) is 31.2 Å². The third-order valence-corrected chi connectivity index (χ3v) is 3.23. The number of benzene rings is 2. The molecule has 0 bridgehead atoms. The average molecular weight is 280 g/mol. The Morgan fingerprint density at radius 1 is 1.05 bits per heavy atom. The third kappa shape index (κ3) is 2.60. The zero-order chi connectivity index (χ0) is 14.8. The standard InChI is InChI=1S/C17H13FN2O/c1-12(21)16-11-20(15-9-7-14(18)8-10-15)19-17(16)13-5-3-2-4-6-13/h2-11H,1H3. The number of ketones is 1. The normalized spacial score (nSPS) is 10.6. The summed E-state index contributed by atoms with van der Waals surface area (Å²) < 4.78 is 14.6. The molecule has 4 heteroatoms. The summed E-state index contributed by atoms with van der Waals surface area (Å²) in [4.78, 5) is 11.8. The van der Waals surface area contributed by atoms with Gasteiger partial charge in [0.15, 0.2) is 5.78 Å². The number of aromatic nitrogens is 2. The Bertz CT molecular complexity index is 776. The minimum Gasteiger partial charge on any atom is -0.294 e. The lowest BCUT2D eigenvalue weighted by atomic mass is 10.1. The summed E-state index contributed by atoms with van der Waals surface area (Å²) in [5.41, 5.74) is 2.77. The first kappa shape index (κ1) is 13.2. The van der Waals surface area contributed by atoms with Gasteiger partial charge in [0.25, 0.3) is 0 Å². The van der Waals surface area contributed by atoms with E-state index >= 15 is 0 Å². The van der Waals surface area contributed by atoms with Crippen LogP contribution in [0.15, 0.2) is 60.8 Å². The first-order chi connectivity index (χ1) is 10.1. The monoisotopic (exact) mass is 280 g/mol. The maximum atomic E-state index is 13.0. The van der Waals surface area contributed by atoms with Crippen molar-refractivity contribution in [2.24, 2.45) is 0 Å². The molecule has 0 aliphatic carbocycles. The Hall–Kier alpha value is -2.75. The van der Waals surface area contributed by atoms with E-state index in [2.05, 4.69) is 5.10 Å². The first-order valence-corrected chi connectivity index (χ1v) is 6.57. The van der Waals surface area contributed by atoms with Gasteiger partial charge < -0.3 is 0 Å². The number of halogens is 1. The first-order valence-electron chi connectivity index (χ1n) is 6.57. The number of hydrogen-bond acceptors (Lipinski definition) is 2. The Morgan fingerprint density at radius 2 is 1.71 bits per heavy atom. The van der Waals surface area contributed by atoms with E-state index in [9.17, 15) is 9.18 Å². The van der Waals surface area contributed by atoms with Crippen LogP contribution in [0.3, 0.4) is 0 Å². The minimum absolute atomic E-state index is 0.0535. The van der Waals surface area contributed by atoms with Crippen LogP contribution in [0.25, 0.3) is 16.9 Å². The van der Waals surface area contributed by atoms with Crippen molar-refractivity contribution in [2.75, 3.05) is 0 Å². The highest BCUT2D eigenvalue weighted by Gasteiger charge is 2.15. The lowest BCUT2D eigenvalue weighted by molar-refractivity contribution is 0.101. The second kappa shape index (κ2) is 5.32. The van der Waals surface area contributed by atoms with Gasteiger partial charge in [0.2, 0.25) is 0 Å². The Kier molecular flexibility index (Phi) is 3.36. The van der Waals surface area contributed by atoms with Crippen molar-refractivity contribution in [3.8, 4) is 16.9 Å². The molecule has 0 aliphatic heterocycles. The third-order valence-electron chi connectivity index (χ3n) is 3.23. The molecule has 0 fully saturated rings. The van der Waals surface area contributed by atoms with Crippen molar-refractivity contribution in [3.63, 3.8) is 0 Å². The SMILES string of the molecule is CC(=O)c1cn(-c2ccc(F)cc2)nc1-c1ccccc1. The zero-order valence-corrected chi connectivity index (χ0v) is 11.5.